The number of hydrogen-bond acceptors (Lipinski definition) is 5. The van der Waals surface area contributed by atoms with Gasteiger partial charge in [-0.15, -0.1) is 0 Å². The van der Waals surface area contributed by atoms with E-state index in [-0.39, 0.29) is 11.8 Å². The lowest BCUT2D eigenvalue weighted by Crippen LogP contribution is -2.38. The molecule has 0 atom stereocenters. The number of methoxy groups -OCH3 is 1. The molecule has 0 saturated carbocycles. The number of halogens is 3. The Morgan fingerprint density at radius 3 is 2.50 bits per heavy atom. The number of thiazole rings is 1. The number of fused-ring (bicyclic) bond motifs is 1. The molecule has 0 radical (unpaired) electrons. The molecule has 158 valence electrons. The van der Waals surface area contributed by atoms with Gasteiger partial charge in [0.2, 0.25) is 5.91 Å². The number of carbonyl (C=O) groups is 1. The van der Waals surface area contributed by atoms with Gasteiger partial charge in [0.1, 0.15) is 5.75 Å². The molecule has 1 N–H and O–H groups in total. The summed E-state index contributed by atoms with van der Waals surface area (Å²) in [5.74, 6) is 0.442. The number of anilines is 2. The predicted octanol–water partition coefficient (Wildman–Crippen LogP) is 5.18. The van der Waals surface area contributed by atoms with Crippen molar-refractivity contribution < 1.29 is 22.7 Å². The molecule has 1 aromatic heterocycles. The lowest BCUT2D eigenvalue weighted by Gasteiger charge is -2.31. The van der Waals surface area contributed by atoms with Crippen LogP contribution in [0.5, 0.6) is 5.75 Å². The van der Waals surface area contributed by atoms with E-state index in [1.54, 1.807) is 18.4 Å². The number of hydrogen-bond donors (Lipinski definition) is 1. The van der Waals surface area contributed by atoms with Crippen LogP contribution in [0.2, 0.25) is 0 Å². The van der Waals surface area contributed by atoms with Gasteiger partial charge in [0, 0.05) is 24.7 Å². The summed E-state index contributed by atoms with van der Waals surface area (Å²) in [5, 5.41) is 3.64. The number of alkyl halides is 3. The Labute approximate surface area is 175 Å². The zero-order valence-corrected chi connectivity index (χ0v) is 17.0. The molecule has 30 heavy (non-hydrogen) atoms. The number of aromatic nitrogens is 1. The van der Waals surface area contributed by atoms with Crippen LogP contribution in [0.3, 0.4) is 0 Å². The van der Waals surface area contributed by atoms with E-state index in [4.69, 9.17) is 4.74 Å². The number of ether oxygens (including phenoxy) is 1. The van der Waals surface area contributed by atoms with E-state index in [1.165, 1.54) is 12.1 Å². The first kappa shape index (κ1) is 20.5. The van der Waals surface area contributed by atoms with Gasteiger partial charge in [0.25, 0.3) is 0 Å². The third-order valence-electron chi connectivity index (χ3n) is 5.20. The van der Waals surface area contributed by atoms with Gasteiger partial charge < -0.3 is 15.0 Å². The average Bonchev–Trinajstić information content (AvgIpc) is 3.17. The Balaban J connectivity index is 1.35. The molecule has 3 aromatic rings. The van der Waals surface area contributed by atoms with Crippen molar-refractivity contribution in [3.63, 3.8) is 0 Å². The average molecular weight is 435 g/mol. The monoisotopic (exact) mass is 435 g/mol. The highest BCUT2D eigenvalue weighted by molar-refractivity contribution is 7.22. The minimum absolute atomic E-state index is 0.163. The summed E-state index contributed by atoms with van der Waals surface area (Å²) in [5.41, 5.74) is 0.552. The number of nitrogens with zero attached hydrogens (tertiary/aromatic N) is 2. The van der Waals surface area contributed by atoms with Gasteiger partial charge in [-0.1, -0.05) is 11.3 Å². The van der Waals surface area contributed by atoms with Crippen molar-refractivity contribution in [2.75, 3.05) is 30.4 Å². The number of nitrogens with one attached hydrogen (secondary N) is 1. The quantitative estimate of drug-likeness (QED) is 0.614. The zero-order valence-electron chi connectivity index (χ0n) is 16.2. The van der Waals surface area contributed by atoms with Gasteiger partial charge in [-0.3, -0.25) is 4.79 Å². The van der Waals surface area contributed by atoms with Crippen LogP contribution in [0.25, 0.3) is 10.2 Å². The lowest BCUT2D eigenvalue weighted by atomic mass is 9.96. The Hall–Kier alpha value is -2.81. The Bertz CT molecular complexity index is 1040. The number of carbonyl (C=O) groups excluding carboxylic acids is 1. The third kappa shape index (κ3) is 4.35. The molecule has 1 aliphatic rings. The summed E-state index contributed by atoms with van der Waals surface area (Å²) in [6, 6.07) is 10.3. The maximum atomic E-state index is 12.7. The van der Waals surface area contributed by atoms with E-state index in [0.29, 0.717) is 31.6 Å². The van der Waals surface area contributed by atoms with E-state index in [9.17, 15) is 18.0 Å². The molecule has 1 saturated heterocycles. The highest BCUT2D eigenvalue weighted by atomic mass is 32.1. The molecule has 9 heteroatoms. The number of piperidine rings is 1. The largest absolute Gasteiger partial charge is 0.497 e. The third-order valence-corrected chi connectivity index (χ3v) is 6.28. The van der Waals surface area contributed by atoms with Crippen LogP contribution < -0.4 is 15.0 Å². The Morgan fingerprint density at radius 1 is 1.17 bits per heavy atom. The summed E-state index contributed by atoms with van der Waals surface area (Å²) in [7, 11) is 1.63. The van der Waals surface area contributed by atoms with E-state index in [1.807, 2.05) is 18.2 Å². The van der Waals surface area contributed by atoms with Crippen molar-refractivity contribution >= 4 is 38.3 Å². The van der Waals surface area contributed by atoms with E-state index in [0.717, 1.165) is 33.2 Å². The SMILES string of the molecule is COc1ccc2nc(N3CCC(C(=O)Nc4ccc(C(F)(F)F)cc4)CC3)sc2c1. The van der Waals surface area contributed by atoms with Crippen molar-refractivity contribution in [3.05, 3.63) is 48.0 Å². The number of amides is 1. The van der Waals surface area contributed by atoms with Gasteiger partial charge >= 0.3 is 6.18 Å². The normalized spacial score (nSPS) is 15.4. The maximum absolute atomic E-state index is 12.7. The van der Waals surface area contributed by atoms with Crippen LogP contribution in [-0.4, -0.2) is 31.1 Å². The van der Waals surface area contributed by atoms with Gasteiger partial charge in [-0.25, -0.2) is 4.98 Å². The topological polar surface area (TPSA) is 54.5 Å². The summed E-state index contributed by atoms with van der Waals surface area (Å²) in [4.78, 5) is 19.4. The molecule has 0 bridgehead atoms. The van der Waals surface area contributed by atoms with Crippen molar-refractivity contribution in [2.45, 2.75) is 19.0 Å². The van der Waals surface area contributed by atoms with Crippen LogP contribution in [0.15, 0.2) is 42.5 Å². The highest BCUT2D eigenvalue weighted by Gasteiger charge is 2.30. The fraction of sp³-hybridized carbons (Fsp3) is 0.333. The van der Waals surface area contributed by atoms with Crippen LogP contribution in [-0.2, 0) is 11.0 Å². The molecule has 0 aliphatic carbocycles. The molecule has 2 heterocycles. The van der Waals surface area contributed by atoms with Gasteiger partial charge in [0.05, 0.1) is 22.9 Å². The highest BCUT2D eigenvalue weighted by Crippen LogP contribution is 2.34. The fourth-order valence-electron chi connectivity index (χ4n) is 3.47. The Morgan fingerprint density at radius 2 is 1.87 bits per heavy atom. The minimum atomic E-state index is -4.39. The first-order chi connectivity index (χ1) is 14.3. The van der Waals surface area contributed by atoms with Gasteiger partial charge in [-0.05, 0) is 55.3 Å². The smallest absolute Gasteiger partial charge is 0.416 e. The van der Waals surface area contributed by atoms with E-state index < -0.39 is 11.7 Å². The summed E-state index contributed by atoms with van der Waals surface area (Å²) in [6.07, 6.45) is -3.07. The van der Waals surface area contributed by atoms with Gasteiger partial charge in [0.15, 0.2) is 5.13 Å². The molecule has 0 unspecified atom stereocenters. The molecule has 5 nitrogen and oxygen atoms in total. The van der Waals surface area contributed by atoms with Crippen molar-refractivity contribution in [1.29, 1.82) is 0 Å². The van der Waals surface area contributed by atoms with Crippen molar-refractivity contribution in [2.24, 2.45) is 5.92 Å². The first-order valence-corrected chi connectivity index (χ1v) is 10.3. The second kappa shape index (κ2) is 8.14. The molecule has 1 amide bonds. The van der Waals surface area contributed by atoms with Crippen molar-refractivity contribution in [1.82, 2.24) is 4.98 Å². The van der Waals surface area contributed by atoms with Crippen LogP contribution >= 0.6 is 11.3 Å². The fourth-order valence-corrected chi connectivity index (χ4v) is 4.52. The molecule has 1 aliphatic heterocycles. The number of rotatable bonds is 4. The summed E-state index contributed by atoms with van der Waals surface area (Å²) in [6.45, 7) is 1.39. The number of benzene rings is 2. The van der Waals surface area contributed by atoms with Crippen molar-refractivity contribution in [3.8, 4) is 5.75 Å². The zero-order chi connectivity index (χ0) is 21.3. The molecule has 2 aromatic carbocycles. The second-order valence-corrected chi connectivity index (χ2v) is 8.16. The summed E-state index contributed by atoms with van der Waals surface area (Å²) < 4.78 is 44.3. The molecule has 4 rings (SSSR count). The standard InChI is InChI=1S/C21H20F3N3O2S/c1-29-16-6-7-17-18(12-16)30-20(26-17)27-10-8-13(9-11-27)19(28)25-15-4-2-14(3-5-15)21(22,23)24/h2-7,12-13H,8-11H2,1H3,(H,25,28). The van der Waals surface area contributed by atoms with E-state index >= 15 is 0 Å². The van der Waals surface area contributed by atoms with Crippen LogP contribution in [0, 0.1) is 5.92 Å². The maximum Gasteiger partial charge on any atom is 0.416 e. The van der Waals surface area contributed by atoms with E-state index in [2.05, 4.69) is 15.2 Å². The minimum Gasteiger partial charge on any atom is -0.497 e. The molecular formula is C21H20F3N3O2S. The lowest BCUT2D eigenvalue weighted by molar-refractivity contribution is -0.137. The predicted molar refractivity (Wildman–Crippen MR) is 111 cm³/mol. The van der Waals surface area contributed by atoms with Crippen LogP contribution in [0.1, 0.15) is 18.4 Å². The Kier molecular flexibility index (Phi) is 5.55. The molecular weight excluding hydrogens is 415 g/mol. The van der Waals surface area contributed by atoms with Gasteiger partial charge in [-0.2, -0.15) is 13.2 Å². The van der Waals surface area contributed by atoms with Crippen LogP contribution in [0.4, 0.5) is 24.0 Å². The second-order valence-electron chi connectivity index (χ2n) is 7.16. The first-order valence-electron chi connectivity index (χ1n) is 9.51. The summed E-state index contributed by atoms with van der Waals surface area (Å²) >= 11 is 1.59. The molecule has 1 fully saturated rings. The molecule has 0 spiro atoms.